The van der Waals surface area contributed by atoms with Crippen molar-refractivity contribution in [2.24, 2.45) is 0 Å². The van der Waals surface area contributed by atoms with Crippen LogP contribution in [0, 0.1) is 11.8 Å². The van der Waals surface area contributed by atoms with E-state index in [0.717, 1.165) is 22.2 Å². The Labute approximate surface area is 138 Å². The second-order valence-corrected chi connectivity index (χ2v) is 6.09. The second kappa shape index (κ2) is 6.64. The molecule has 3 rings (SSSR count). The van der Waals surface area contributed by atoms with Gasteiger partial charge in [0, 0.05) is 0 Å². The molecule has 0 amide bonds. The third-order valence-corrected chi connectivity index (χ3v) is 4.48. The van der Waals surface area contributed by atoms with Gasteiger partial charge in [0.1, 0.15) is 0 Å². The molecule has 0 saturated heterocycles. The molecule has 0 radical (unpaired) electrons. The molecule has 0 bridgehead atoms. The summed E-state index contributed by atoms with van der Waals surface area (Å²) < 4.78 is 1.17. The van der Waals surface area contributed by atoms with Gasteiger partial charge >= 0.3 is 5.97 Å². The van der Waals surface area contributed by atoms with Gasteiger partial charge in [0.2, 0.25) is 0 Å². The molecule has 1 unspecified atom stereocenters. The molecule has 1 N–H and O–H groups in total. The number of hydrogen-bond acceptors (Lipinski definition) is 3. The van der Waals surface area contributed by atoms with Gasteiger partial charge in [0.05, 0.1) is 28.1 Å². The van der Waals surface area contributed by atoms with E-state index in [0.29, 0.717) is 0 Å². The van der Waals surface area contributed by atoms with E-state index in [4.69, 9.17) is 5.11 Å². The lowest BCUT2D eigenvalue weighted by Gasteiger charge is -2.10. The maximum Gasteiger partial charge on any atom is 0.304 e. The first-order chi connectivity index (χ1) is 11.2. The minimum absolute atomic E-state index is 0.0188. The van der Waals surface area contributed by atoms with Crippen LogP contribution >= 0.6 is 11.3 Å². The lowest BCUT2D eigenvalue weighted by Crippen LogP contribution is -2.04. The molecule has 0 aliphatic heterocycles. The smallest absolute Gasteiger partial charge is 0.304 e. The molecule has 0 aliphatic carbocycles. The van der Waals surface area contributed by atoms with Crippen LogP contribution in [-0.2, 0) is 4.79 Å². The molecule has 2 aromatic carbocycles. The Kier molecular flexibility index (Phi) is 4.40. The predicted molar refractivity (Wildman–Crippen MR) is 93.5 cm³/mol. The zero-order valence-corrected chi connectivity index (χ0v) is 13.4. The van der Waals surface area contributed by atoms with Crippen LogP contribution in [0.15, 0.2) is 48.0 Å². The molecule has 4 heteroatoms. The van der Waals surface area contributed by atoms with Gasteiger partial charge in [-0.15, -0.1) is 17.3 Å². The third kappa shape index (κ3) is 3.41. The fourth-order valence-corrected chi connectivity index (χ4v) is 3.21. The number of carbonyl (C=O) groups is 1. The summed E-state index contributed by atoms with van der Waals surface area (Å²) in [7, 11) is 0. The highest BCUT2D eigenvalue weighted by molar-refractivity contribution is 7.16. The minimum atomic E-state index is -0.837. The zero-order valence-electron chi connectivity index (χ0n) is 12.6. The lowest BCUT2D eigenvalue weighted by atomic mass is 9.94. The molecular weight excluding hydrogens is 306 g/mol. The van der Waals surface area contributed by atoms with E-state index in [2.05, 4.69) is 35.0 Å². The van der Waals surface area contributed by atoms with E-state index in [1.54, 1.807) is 18.3 Å². The van der Waals surface area contributed by atoms with Crippen molar-refractivity contribution in [1.29, 1.82) is 0 Å². The molecule has 0 spiro atoms. The summed E-state index contributed by atoms with van der Waals surface area (Å²) in [5, 5.41) is 9.01. The largest absolute Gasteiger partial charge is 0.481 e. The van der Waals surface area contributed by atoms with Gasteiger partial charge in [0.25, 0.3) is 0 Å². The van der Waals surface area contributed by atoms with Crippen LogP contribution in [0.4, 0.5) is 0 Å². The average molecular weight is 321 g/mol. The Hall–Kier alpha value is -2.64. The number of carboxylic acid groups (broad SMARTS) is 1. The number of nitrogens with zero attached hydrogens (tertiary/aromatic N) is 1. The molecule has 3 aromatic rings. The molecule has 3 nitrogen and oxygen atoms in total. The lowest BCUT2D eigenvalue weighted by molar-refractivity contribution is -0.137. The topological polar surface area (TPSA) is 50.2 Å². The van der Waals surface area contributed by atoms with Crippen molar-refractivity contribution in [3.05, 3.63) is 53.5 Å². The number of carboxylic acids is 1. The zero-order chi connectivity index (χ0) is 16.2. The Bertz CT molecular complexity index is 900. The number of aromatic nitrogens is 1. The highest BCUT2D eigenvalue weighted by Gasteiger charge is 2.13. The maximum atomic E-state index is 11.0. The summed E-state index contributed by atoms with van der Waals surface area (Å²) in [5.74, 6) is 4.68. The molecule has 23 heavy (non-hydrogen) atoms. The van der Waals surface area contributed by atoms with Crippen molar-refractivity contribution in [1.82, 2.24) is 4.98 Å². The van der Waals surface area contributed by atoms with Crippen LogP contribution in [0.3, 0.4) is 0 Å². The van der Waals surface area contributed by atoms with E-state index in [1.165, 1.54) is 4.70 Å². The van der Waals surface area contributed by atoms with Crippen molar-refractivity contribution >= 4 is 27.5 Å². The van der Waals surface area contributed by atoms with Crippen LogP contribution < -0.4 is 0 Å². The fraction of sp³-hybridized carbons (Fsp3) is 0.158. The number of benzene rings is 2. The monoisotopic (exact) mass is 321 g/mol. The van der Waals surface area contributed by atoms with Crippen molar-refractivity contribution in [2.75, 3.05) is 0 Å². The fourth-order valence-electron chi connectivity index (χ4n) is 2.55. The van der Waals surface area contributed by atoms with E-state index >= 15 is 0 Å². The Morgan fingerprint density at radius 2 is 1.96 bits per heavy atom. The SMILES string of the molecule is CC#CC(CC(=O)O)c1ccc(-c2ccc3scnc3c2)cc1. The summed E-state index contributed by atoms with van der Waals surface area (Å²) in [6, 6.07) is 14.2. The molecule has 0 aliphatic rings. The van der Waals surface area contributed by atoms with E-state index in [9.17, 15) is 4.79 Å². The first-order valence-electron chi connectivity index (χ1n) is 7.25. The van der Waals surface area contributed by atoms with Gasteiger partial charge in [-0.25, -0.2) is 4.98 Å². The van der Waals surface area contributed by atoms with Gasteiger partial charge in [-0.2, -0.15) is 0 Å². The summed E-state index contributed by atoms with van der Waals surface area (Å²) >= 11 is 1.63. The highest BCUT2D eigenvalue weighted by Crippen LogP contribution is 2.28. The van der Waals surface area contributed by atoms with E-state index in [1.807, 2.05) is 29.8 Å². The maximum absolute atomic E-state index is 11.0. The number of hydrogen-bond donors (Lipinski definition) is 1. The first kappa shape index (κ1) is 15.3. The molecule has 1 aromatic heterocycles. The van der Waals surface area contributed by atoms with Crippen molar-refractivity contribution in [3.63, 3.8) is 0 Å². The van der Waals surface area contributed by atoms with Crippen LogP contribution in [0.5, 0.6) is 0 Å². The minimum Gasteiger partial charge on any atom is -0.481 e. The van der Waals surface area contributed by atoms with Crippen molar-refractivity contribution in [2.45, 2.75) is 19.3 Å². The predicted octanol–water partition coefficient (Wildman–Crippen LogP) is 4.54. The molecule has 0 saturated carbocycles. The summed E-state index contributed by atoms with van der Waals surface area (Å²) in [6.45, 7) is 1.73. The van der Waals surface area contributed by atoms with E-state index in [-0.39, 0.29) is 12.3 Å². The normalized spacial score (nSPS) is 11.7. The Morgan fingerprint density at radius 1 is 1.22 bits per heavy atom. The van der Waals surface area contributed by atoms with Crippen molar-refractivity contribution < 1.29 is 9.90 Å². The summed E-state index contributed by atoms with van der Waals surface area (Å²) in [5.41, 5.74) is 5.96. The third-order valence-electron chi connectivity index (χ3n) is 3.67. The standard InChI is InChI=1S/C19H15NO2S/c1-2-3-15(11-19(21)22)13-4-6-14(7-5-13)16-8-9-18-17(10-16)20-12-23-18/h4-10,12,15H,11H2,1H3,(H,21,22). The quantitative estimate of drug-likeness (QED) is 0.717. The van der Waals surface area contributed by atoms with Gasteiger partial charge < -0.3 is 5.11 Å². The number of aliphatic carboxylic acids is 1. The molecule has 1 heterocycles. The first-order valence-corrected chi connectivity index (χ1v) is 8.13. The van der Waals surface area contributed by atoms with Gasteiger partial charge in [-0.1, -0.05) is 36.3 Å². The van der Waals surface area contributed by atoms with Gasteiger partial charge in [0.15, 0.2) is 0 Å². The number of rotatable bonds is 4. The van der Waals surface area contributed by atoms with Crippen LogP contribution in [0.25, 0.3) is 21.3 Å². The molecule has 1 atom stereocenters. The van der Waals surface area contributed by atoms with Gasteiger partial charge in [-0.3, -0.25) is 4.79 Å². The molecule has 0 fully saturated rings. The van der Waals surface area contributed by atoms with E-state index < -0.39 is 5.97 Å². The van der Waals surface area contributed by atoms with Crippen molar-refractivity contribution in [3.8, 4) is 23.0 Å². The Morgan fingerprint density at radius 3 is 2.65 bits per heavy atom. The van der Waals surface area contributed by atoms with Crippen LogP contribution in [-0.4, -0.2) is 16.1 Å². The number of thiazole rings is 1. The molecule has 114 valence electrons. The summed E-state index contributed by atoms with van der Waals surface area (Å²) in [6.07, 6.45) is 0.0188. The van der Waals surface area contributed by atoms with Gasteiger partial charge in [-0.05, 0) is 35.7 Å². The molecular formula is C19H15NO2S. The Balaban J connectivity index is 1.90. The second-order valence-electron chi connectivity index (χ2n) is 5.20. The number of fused-ring (bicyclic) bond motifs is 1. The average Bonchev–Trinajstić information content (AvgIpc) is 3.02. The highest BCUT2D eigenvalue weighted by atomic mass is 32.1. The van der Waals surface area contributed by atoms with Crippen LogP contribution in [0.2, 0.25) is 0 Å². The summed E-state index contributed by atoms with van der Waals surface area (Å²) in [4.78, 5) is 15.3. The van der Waals surface area contributed by atoms with Crippen LogP contribution in [0.1, 0.15) is 24.8 Å².